The maximum atomic E-state index is 12.1. The van der Waals surface area contributed by atoms with Gasteiger partial charge in [-0.05, 0) is 118 Å². The number of hydrogen-bond donors (Lipinski definition) is 1. The maximum absolute atomic E-state index is 12.1. The van der Waals surface area contributed by atoms with Crippen LogP contribution in [0.1, 0.15) is 127 Å². The van der Waals surface area contributed by atoms with E-state index >= 15 is 0 Å². The fourth-order valence-electron chi connectivity index (χ4n) is 11.9. The molecule has 0 aromatic carbocycles. The number of aliphatic hydroxyl groups excluding tert-OH is 1. The van der Waals surface area contributed by atoms with Crippen molar-refractivity contribution in [1.82, 2.24) is 0 Å². The molecule has 0 bridgehead atoms. The first-order chi connectivity index (χ1) is 18.3. The summed E-state index contributed by atoms with van der Waals surface area (Å²) in [5.41, 5.74) is -0.825. The lowest BCUT2D eigenvalue weighted by molar-refractivity contribution is -0.251. The maximum Gasteiger partial charge on any atom is 0.303 e. The summed E-state index contributed by atoms with van der Waals surface area (Å²) in [6.07, 6.45) is 8.52. The Hall–Kier alpha value is -1.14. The minimum absolute atomic E-state index is 0.0285. The van der Waals surface area contributed by atoms with Crippen LogP contribution in [-0.2, 0) is 23.8 Å². The SMILES string of the molecule is CC(=O)O[C@H]1CC[C@]2(C)[C@H]3C[C@@H](O)[C@@H]4[C@@H]([C@]5(C)CC[C@H](C(C)(C)OC(C)=O)O5)CC[C@@]4(C)[C@]3(C)CC[C@H]2C1(C)C. The van der Waals surface area contributed by atoms with Crippen molar-refractivity contribution in [2.45, 2.75) is 157 Å². The third-order valence-electron chi connectivity index (χ3n) is 13.9. The lowest BCUT2D eigenvalue weighted by Gasteiger charge is -2.70. The van der Waals surface area contributed by atoms with Crippen molar-refractivity contribution >= 4 is 11.9 Å². The molecule has 0 radical (unpaired) electrons. The van der Waals surface area contributed by atoms with E-state index in [2.05, 4.69) is 41.5 Å². The van der Waals surface area contributed by atoms with Crippen molar-refractivity contribution in [1.29, 1.82) is 0 Å². The van der Waals surface area contributed by atoms with Crippen molar-refractivity contribution in [2.75, 3.05) is 0 Å². The summed E-state index contributed by atoms with van der Waals surface area (Å²) in [6, 6.07) is 0. The first-order valence-corrected chi connectivity index (χ1v) is 16.0. The second-order valence-corrected chi connectivity index (χ2v) is 16.6. The molecular weight excluding hydrogens is 504 g/mol. The van der Waals surface area contributed by atoms with Crippen molar-refractivity contribution < 1.29 is 28.9 Å². The van der Waals surface area contributed by atoms with Crippen LogP contribution in [0.15, 0.2) is 0 Å². The van der Waals surface area contributed by atoms with Gasteiger partial charge in [-0.15, -0.1) is 0 Å². The highest BCUT2D eigenvalue weighted by Crippen LogP contribution is 2.76. The van der Waals surface area contributed by atoms with Gasteiger partial charge >= 0.3 is 11.9 Å². The zero-order chi connectivity index (χ0) is 29.7. The molecule has 5 aliphatic rings. The first kappa shape index (κ1) is 30.3. The summed E-state index contributed by atoms with van der Waals surface area (Å²) in [7, 11) is 0. The average molecular weight is 561 g/mol. The number of carbonyl (C=O) groups excluding carboxylic acids is 2. The van der Waals surface area contributed by atoms with Gasteiger partial charge in [0.2, 0.25) is 0 Å². The Balaban J connectivity index is 1.42. The van der Waals surface area contributed by atoms with E-state index < -0.39 is 5.60 Å². The Morgan fingerprint density at radius 3 is 2.10 bits per heavy atom. The fourth-order valence-corrected chi connectivity index (χ4v) is 11.9. The van der Waals surface area contributed by atoms with Crippen LogP contribution in [0.3, 0.4) is 0 Å². The van der Waals surface area contributed by atoms with Crippen LogP contribution >= 0.6 is 0 Å². The summed E-state index contributed by atoms with van der Waals surface area (Å²) >= 11 is 0. The molecule has 11 atom stereocenters. The zero-order valence-corrected chi connectivity index (χ0v) is 26.9. The number of hydrogen-bond acceptors (Lipinski definition) is 6. The van der Waals surface area contributed by atoms with Gasteiger partial charge in [0.05, 0.1) is 17.8 Å². The minimum Gasteiger partial charge on any atom is -0.462 e. The summed E-state index contributed by atoms with van der Waals surface area (Å²) in [5, 5.41) is 12.1. The average Bonchev–Trinajstić information content (AvgIpc) is 3.40. The van der Waals surface area contributed by atoms with Crippen LogP contribution in [0.4, 0.5) is 0 Å². The monoisotopic (exact) mass is 560 g/mol. The second-order valence-electron chi connectivity index (χ2n) is 16.6. The van der Waals surface area contributed by atoms with Crippen LogP contribution in [0.25, 0.3) is 0 Å². The molecule has 4 aliphatic carbocycles. The van der Waals surface area contributed by atoms with E-state index in [1.54, 1.807) is 0 Å². The van der Waals surface area contributed by atoms with E-state index in [4.69, 9.17) is 14.2 Å². The number of esters is 2. The standard InChI is InChI=1S/C34H56O6/c1-20(35)38-26-13-15-31(7)24(29(26,3)4)12-17-32(8)25(31)19-23(37)28-22(11-16-33(28,32)9)34(10)18-14-27(40-34)30(5,6)39-21(2)36/h22-28,37H,11-19H2,1-10H3/t22-,23+,24-,25+,26-,27+,28-,31-,32+,33+,34-/m0/s1. The predicted molar refractivity (Wildman–Crippen MR) is 154 cm³/mol. The Kier molecular flexibility index (Phi) is 7.15. The number of ether oxygens (including phenoxy) is 3. The van der Waals surface area contributed by atoms with E-state index in [0.29, 0.717) is 11.8 Å². The van der Waals surface area contributed by atoms with Gasteiger partial charge < -0.3 is 19.3 Å². The van der Waals surface area contributed by atoms with Crippen molar-refractivity contribution in [3.63, 3.8) is 0 Å². The zero-order valence-electron chi connectivity index (χ0n) is 26.9. The van der Waals surface area contributed by atoms with Crippen molar-refractivity contribution in [3.8, 4) is 0 Å². The predicted octanol–water partition coefficient (Wildman–Crippen LogP) is 6.85. The van der Waals surface area contributed by atoms with E-state index in [9.17, 15) is 14.7 Å². The molecule has 0 amide bonds. The molecular formula is C34H56O6. The normalized spacial score (nSPS) is 49.9. The highest BCUT2D eigenvalue weighted by atomic mass is 16.6. The number of fused-ring (bicyclic) bond motifs is 5. The smallest absolute Gasteiger partial charge is 0.303 e. The van der Waals surface area contributed by atoms with Gasteiger partial charge in [0, 0.05) is 19.3 Å². The molecule has 40 heavy (non-hydrogen) atoms. The summed E-state index contributed by atoms with van der Waals surface area (Å²) in [4.78, 5) is 23.7. The lowest BCUT2D eigenvalue weighted by atomic mass is 9.35. The number of rotatable bonds is 4. The second kappa shape index (κ2) is 9.43. The van der Waals surface area contributed by atoms with E-state index in [0.717, 1.165) is 57.8 Å². The molecule has 228 valence electrons. The van der Waals surface area contributed by atoms with Crippen LogP contribution < -0.4 is 0 Å². The minimum atomic E-state index is -0.668. The fraction of sp³-hybridized carbons (Fsp3) is 0.941. The van der Waals surface area contributed by atoms with Gasteiger partial charge in [-0.25, -0.2) is 0 Å². The third kappa shape index (κ3) is 4.23. The molecule has 5 rings (SSSR count). The van der Waals surface area contributed by atoms with Gasteiger partial charge in [-0.3, -0.25) is 9.59 Å². The van der Waals surface area contributed by atoms with Gasteiger partial charge in [-0.2, -0.15) is 0 Å². The highest BCUT2D eigenvalue weighted by molar-refractivity contribution is 5.66. The highest BCUT2D eigenvalue weighted by Gasteiger charge is 2.72. The molecule has 4 saturated carbocycles. The quantitative estimate of drug-likeness (QED) is 0.379. The summed E-state index contributed by atoms with van der Waals surface area (Å²) in [5.74, 6) is 0.917. The van der Waals surface area contributed by atoms with Crippen LogP contribution in [0, 0.1) is 45.3 Å². The van der Waals surface area contributed by atoms with Gasteiger partial charge in [-0.1, -0.05) is 34.6 Å². The van der Waals surface area contributed by atoms with Crippen LogP contribution in [0.5, 0.6) is 0 Å². The van der Waals surface area contributed by atoms with E-state index in [-0.39, 0.29) is 69.3 Å². The van der Waals surface area contributed by atoms with E-state index in [1.807, 2.05) is 13.8 Å². The Bertz CT molecular complexity index is 1040. The van der Waals surface area contributed by atoms with Crippen LogP contribution in [0.2, 0.25) is 0 Å². The Morgan fingerprint density at radius 1 is 0.825 bits per heavy atom. The molecule has 1 N–H and O–H groups in total. The van der Waals surface area contributed by atoms with E-state index in [1.165, 1.54) is 13.8 Å². The van der Waals surface area contributed by atoms with Gasteiger partial charge in [0.15, 0.2) is 0 Å². The molecule has 0 aromatic rings. The summed E-state index contributed by atoms with van der Waals surface area (Å²) < 4.78 is 18.4. The largest absolute Gasteiger partial charge is 0.462 e. The molecule has 0 aromatic heterocycles. The molecule has 0 unspecified atom stereocenters. The molecule has 1 aliphatic heterocycles. The Morgan fingerprint density at radius 2 is 1.48 bits per heavy atom. The van der Waals surface area contributed by atoms with Crippen molar-refractivity contribution in [2.24, 2.45) is 45.3 Å². The van der Waals surface area contributed by atoms with Crippen LogP contribution in [-0.4, -0.2) is 46.6 Å². The summed E-state index contributed by atoms with van der Waals surface area (Å²) in [6.45, 7) is 21.3. The molecule has 6 heteroatoms. The van der Waals surface area contributed by atoms with Gasteiger partial charge in [0.25, 0.3) is 0 Å². The van der Waals surface area contributed by atoms with Crippen molar-refractivity contribution in [3.05, 3.63) is 0 Å². The van der Waals surface area contributed by atoms with Gasteiger partial charge in [0.1, 0.15) is 11.7 Å². The number of aliphatic hydroxyl groups is 1. The lowest BCUT2D eigenvalue weighted by Crippen LogP contribution is -2.66. The molecule has 1 heterocycles. The molecule has 5 fully saturated rings. The molecule has 0 spiro atoms. The topological polar surface area (TPSA) is 82.1 Å². The first-order valence-electron chi connectivity index (χ1n) is 16.0. The molecule has 1 saturated heterocycles. The third-order valence-corrected chi connectivity index (χ3v) is 13.9. The Labute approximate surface area is 242 Å². The number of carbonyl (C=O) groups is 2. The molecule has 6 nitrogen and oxygen atoms in total.